The Hall–Kier alpha value is -3.28. The highest BCUT2D eigenvalue weighted by Gasteiger charge is 2.14. The maximum atomic E-state index is 13.0. The van der Waals surface area contributed by atoms with Crippen LogP contribution in [0.1, 0.15) is 39.9 Å². The topological polar surface area (TPSA) is 66.9 Å². The number of para-hydroxylation sites is 1. The summed E-state index contributed by atoms with van der Waals surface area (Å²) >= 11 is 0. The van der Waals surface area contributed by atoms with Crippen molar-refractivity contribution < 1.29 is 9.18 Å². The Morgan fingerprint density at radius 3 is 2.54 bits per heavy atom. The third-order valence-corrected chi connectivity index (χ3v) is 4.44. The number of hydrogen-bond donors (Lipinski definition) is 2. The van der Waals surface area contributed by atoms with E-state index in [0.717, 1.165) is 28.8 Å². The minimum absolute atomic E-state index is 0.275. The van der Waals surface area contributed by atoms with E-state index in [4.69, 9.17) is 0 Å². The normalized spacial score (nSPS) is 10.6. The average molecular weight is 378 g/mol. The van der Waals surface area contributed by atoms with Crippen LogP contribution in [0.5, 0.6) is 0 Å². The second-order valence-electron chi connectivity index (χ2n) is 6.58. The fourth-order valence-corrected chi connectivity index (χ4v) is 2.95. The van der Waals surface area contributed by atoms with Crippen LogP contribution in [-0.4, -0.2) is 15.9 Å². The molecule has 0 radical (unpaired) electrons. The van der Waals surface area contributed by atoms with Crippen LogP contribution < -0.4 is 10.6 Å². The quantitative estimate of drug-likeness (QED) is 0.655. The number of amides is 1. The standard InChI is InChI=1S/C22H23FN4O/c1-4-17-7-5-6-14(2)21(17)27-22(28)19-12-20(26-15(3)25-19)24-13-16-8-10-18(23)11-9-16/h5-12H,4,13H2,1-3H3,(H,27,28)(H,24,25,26). The van der Waals surface area contributed by atoms with Gasteiger partial charge >= 0.3 is 0 Å². The largest absolute Gasteiger partial charge is 0.366 e. The molecule has 0 bridgehead atoms. The summed E-state index contributed by atoms with van der Waals surface area (Å²) in [6.07, 6.45) is 0.824. The van der Waals surface area contributed by atoms with Gasteiger partial charge in [0.05, 0.1) is 0 Å². The Balaban J connectivity index is 1.77. The molecule has 0 spiro atoms. The number of anilines is 2. The lowest BCUT2D eigenvalue weighted by atomic mass is 10.1. The van der Waals surface area contributed by atoms with Crippen molar-refractivity contribution in [2.45, 2.75) is 33.7 Å². The van der Waals surface area contributed by atoms with Crippen molar-refractivity contribution in [3.63, 3.8) is 0 Å². The molecule has 0 aliphatic carbocycles. The summed E-state index contributed by atoms with van der Waals surface area (Å²) in [7, 11) is 0. The lowest BCUT2D eigenvalue weighted by Crippen LogP contribution is -2.17. The lowest BCUT2D eigenvalue weighted by Gasteiger charge is -2.13. The molecule has 0 fully saturated rings. The molecule has 0 aliphatic rings. The fourth-order valence-electron chi connectivity index (χ4n) is 2.95. The first kappa shape index (κ1) is 19.5. The highest BCUT2D eigenvalue weighted by atomic mass is 19.1. The molecule has 0 aliphatic heterocycles. The summed E-state index contributed by atoms with van der Waals surface area (Å²) < 4.78 is 13.0. The molecule has 3 aromatic rings. The van der Waals surface area contributed by atoms with E-state index < -0.39 is 0 Å². The number of hydrogen-bond acceptors (Lipinski definition) is 4. The Labute approximate surface area is 164 Å². The molecule has 144 valence electrons. The SMILES string of the molecule is CCc1cccc(C)c1NC(=O)c1cc(NCc2ccc(F)cc2)nc(C)n1. The third kappa shape index (κ3) is 4.71. The van der Waals surface area contributed by atoms with Crippen LogP contribution in [0.4, 0.5) is 15.9 Å². The maximum absolute atomic E-state index is 13.0. The van der Waals surface area contributed by atoms with E-state index in [-0.39, 0.29) is 11.7 Å². The molecular formula is C22H23FN4O. The van der Waals surface area contributed by atoms with Gasteiger partial charge in [-0.15, -0.1) is 0 Å². The predicted molar refractivity (Wildman–Crippen MR) is 109 cm³/mol. The Morgan fingerprint density at radius 2 is 1.82 bits per heavy atom. The van der Waals surface area contributed by atoms with E-state index in [1.807, 2.05) is 25.1 Å². The smallest absolute Gasteiger partial charge is 0.274 e. The van der Waals surface area contributed by atoms with Crippen LogP contribution in [0.15, 0.2) is 48.5 Å². The third-order valence-electron chi connectivity index (χ3n) is 4.44. The van der Waals surface area contributed by atoms with E-state index in [9.17, 15) is 9.18 Å². The van der Waals surface area contributed by atoms with Gasteiger partial charge in [0, 0.05) is 18.3 Å². The van der Waals surface area contributed by atoms with Crippen molar-refractivity contribution in [2.75, 3.05) is 10.6 Å². The van der Waals surface area contributed by atoms with Crippen molar-refractivity contribution in [3.8, 4) is 0 Å². The highest BCUT2D eigenvalue weighted by Crippen LogP contribution is 2.22. The monoisotopic (exact) mass is 378 g/mol. The van der Waals surface area contributed by atoms with Gasteiger partial charge in [-0.2, -0.15) is 0 Å². The predicted octanol–water partition coefficient (Wildman–Crippen LogP) is 4.66. The van der Waals surface area contributed by atoms with Crippen LogP contribution in [0.3, 0.4) is 0 Å². The maximum Gasteiger partial charge on any atom is 0.274 e. The molecule has 2 N–H and O–H groups in total. The van der Waals surface area contributed by atoms with Gasteiger partial charge in [0.2, 0.25) is 0 Å². The molecule has 3 rings (SSSR count). The Kier molecular flexibility index (Phi) is 5.99. The van der Waals surface area contributed by atoms with E-state index in [2.05, 4.69) is 27.5 Å². The number of halogens is 1. The lowest BCUT2D eigenvalue weighted by molar-refractivity contribution is 0.102. The van der Waals surface area contributed by atoms with Crippen molar-refractivity contribution in [2.24, 2.45) is 0 Å². The van der Waals surface area contributed by atoms with Gasteiger partial charge in [-0.3, -0.25) is 4.79 Å². The number of nitrogens with one attached hydrogen (secondary N) is 2. The summed E-state index contributed by atoms with van der Waals surface area (Å²) in [5.41, 5.74) is 4.12. The van der Waals surface area contributed by atoms with Gasteiger partial charge in [0.15, 0.2) is 0 Å². The number of carbonyl (C=O) groups excluding carboxylic acids is 1. The number of nitrogens with zero attached hydrogens (tertiary/aromatic N) is 2. The first-order valence-electron chi connectivity index (χ1n) is 9.20. The molecule has 28 heavy (non-hydrogen) atoms. The van der Waals surface area contributed by atoms with Crippen molar-refractivity contribution >= 4 is 17.4 Å². The van der Waals surface area contributed by atoms with E-state index >= 15 is 0 Å². The Morgan fingerprint density at radius 1 is 1.07 bits per heavy atom. The van der Waals surface area contributed by atoms with Crippen LogP contribution in [-0.2, 0) is 13.0 Å². The summed E-state index contributed by atoms with van der Waals surface area (Å²) in [6.45, 7) is 6.23. The molecular weight excluding hydrogens is 355 g/mol. The van der Waals surface area contributed by atoms with Crippen LogP contribution in [0, 0.1) is 19.7 Å². The molecule has 1 aromatic heterocycles. The van der Waals surface area contributed by atoms with Crippen molar-refractivity contribution in [1.29, 1.82) is 0 Å². The van der Waals surface area contributed by atoms with Crippen LogP contribution >= 0.6 is 0 Å². The fraction of sp³-hybridized carbons (Fsp3) is 0.227. The van der Waals surface area contributed by atoms with E-state index in [0.29, 0.717) is 23.9 Å². The van der Waals surface area contributed by atoms with E-state index in [1.165, 1.54) is 12.1 Å². The molecule has 1 amide bonds. The van der Waals surface area contributed by atoms with Gasteiger partial charge < -0.3 is 10.6 Å². The summed E-state index contributed by atoms with van der Waals surface area (Å²) in [5, 5.41) is 6.14. The molecule has 0 saturated carbocycles. The Bertz CT molecular complexity index is 986. The highest BCUT2D eigenvalue weighted by molar-refractivity contribution is 6.04. The molecule has 1 heterocycles. The van der Waals surface area contributed by atoms with Crippen molar-refractivity contribution in [3.05, 3.63) is 82.6 Å². The van der Waals surface area contributed by atoms with E-state index in [1.54, 1.807) is 25.1 Å². The van der Waals surface area contributed by atoms with Gasteiger partial charge in [0.25, 0.3) is 5.91 Å². The summed E-state index contributed by atoms with van der Waals surface area (Å²) in [6, 6.07) is 13.8. The van der Waals surface area contributed by atoms with Crippen LogP contribution in [0.25, 0.3) is 0 Å². The minimum atomic E-state index is -0.278. The zero-order valence-electron chi connectivity index (χ0n) is 16.2. The molecule has 5 nitrogen and oxygen atoms in total. The molecule has 0 atom stereocenters. The second-order valence-corrected chi connectivity index (χ2v) is 6.58. The number of carbonyl (C=O) groups is 1. The second kappa shape index (κ2) is 8.61. The van der Waals surface area contributed by atoms with Gasteiger partial charge in [-0.25, -0.2) is 14.4 Å². The summed E-state index contributed by atoms with van der Waals surface area (Å²) in [4.78, 5) is 21.4. The van der Waals surface area contributed by atoms with Crippen molar-refractivity contribution in [1.82, 2.24) is 9.97 Å². The molecule has 6 heteroatoms. The van der Waals surface area contributed by atoms with Crippen LogP contribution in [0.2, 0.25) is 0 Å². The van der Waals surface area contributed by atoms with Gasteiger partial charge in [-0.05, 0) is 49.1 Å². The number of aromatic nitrogens is 2. The molecule has 2 aromatic carbocycles. The molecule has 0 unspecified atom stereocenters. The first-order valence-corrected chi connectivity index (χ1v) is 9.20. The number of benzene rings is 2. The van der Waals surface area contributed by atoms with Gasteiger partial charge in [0.1, 0.15) is 23.2 Å². The number of aryl methyl sites for hydroxylation is 3. The zero-order valence-corrected chi connectivity index (χ0v) is 16.2. The zero-order chi connectivity index (χ0) is 20.1. The number of rotatable bonds is 6. The average Bonchev–Trinajstić information content (AvgIpc) is 2.68. The van der Waals surface area contributed by atoms with Gasteiger partial charge in [-0.1, -0.05) is 37.3 Å². The summed E-state index contributed by atoms with van der Waals surface area (Å²) in [5.74, 6) is 0.486. The first-order chi connectivity index (χ1) is 13.5. The minimum Gasteiger partial charge on any atom is -0.366 e. The molecule has 0 saturated heterocycles.